The predicted molar refractivity (Wildman–Crippen MR) is 88.4 cm³/mol. The van der Waals surface area contributed by atoms with Gasteiger partial charge in [0.1, 0.15) is 5.75 Å². The zero-order chi connectivity index (χ0) is 14.0. The molecule has 0 fully saturated rings. The Morgan fingerprint density at radius 3 is 2.47 bits per heavy atom. The number of carbonyl (C=O) groups is 1. The normalized spacial score (nSPS) is 10.3. The first kappa shape index (κ1) is 15.0. The number of halogens is 3. The summed E-state index contributed by atoms with van der Waals surface area (Å²) in [6, 6.07) is 7.16. The summed E-state index contributed by atoms with van der Waals surface area (Å²) in [6.07, 6.45) is 0. The molecule has 1 N–H and O–H groups in total. The van der Waals surface area contributed by atoms with Crippen LogP contribution in [0.4, 0.5) is 5.69 Å². The lowest BCUT2D eigenvalue weighted by atomic mass is 10.3. The maximum Gasteiger partial charge on any atom is 0.265 e. The van der Waals surface area contributed by atoms with E-state index >= 15 is 0 Å². The molecule has 3 nitrogen and oxygen atoms in total. The minimum atomic E-state index is -0.145. The van der Waals surface area contributed by atoms with Crippen molar-refractivity contribution in [2.75, 3.05) is 12.4 Å². The van der Waals surface area contributed by atoms with E-state index in [2.05, 4.69) is 53.1 Å². The summed E-state index contributed by atoms with van der Waals surface area (Å²) in [5.41, 5.74) is 0.707. The van der Waals surface area contributed by atoms with Crippen LogP contribution in [0.1, 0.15) is 9.67 Å². The van der Waals surface area contributed by atoms with Crippen LogP contribution in [-0.4, -0.2) is 13.0 Å². The molecule has 0 saturated heterocycles. The maximum absolute atomic E-state index is 12.1. The second-order valence-corrected chi connectivity index (χ2v) is 7.61. The first-order chi connectivity index (χ1) is 9.01. The summed E-state index contributed by atoms with van der Waals surface area (Å²) in [7, 11) is 1.60. The van der Waals surface area contributed by atoms with Crippen LogP contribution in [0.25, 0.3) is 0 Å². The number of nitrogens with one attached hydrogen (secondary N) is 1. The number of carbonyl (C=O) groups excluding carboxylic acids is 1. The van der Waals surface area contributed by atoms with E-state index in [9.17, 15) is 4.79 Å². The number of ether oxygens (including phenoxy) is 1. The smallest absolute Gasteiger partial charge is 0.265 e. The molecule has 0 saturated carbocycles. The van der Waals surface area contributed by atoms with Crippen LogP contribution >= 0.6 is 59.1 Å². The molecule has 1 aromatic carbocycles. The molecule has 0 aliphatic rings. The molecule has 1 amide bonds. The fourth-order valence-electron chi connectivity index (χ4n) is 1.40. The summed E-state index contributed by atoms with van der Waals surface area (Å²) >= 11 is 11.5. The lowest BCUT2D eigenvalue weighted by Gasteiger charge is -2.07. The lowest BCUT2D eigenvalue weighted by molar-refractivity contribution is 0.103. The number of anilines is 1. The average molecular weight is 470 g/mol. The summed E-state index contributed by atoms with van der Waals surface area (Å²) in [5.74, 6) is 0.577. The minimum absolute atomic E-state index is 0.145. The predicted octanol–water partition coefficient (Wildman–Crippen LogP) is 5.30. The summed E-state index contributed by atoms with van der Waals surface area (Å²) < 4.78 is 7.70. The first-order valence-electron chi connectivity index (χ1n) is 5.11. The number of methoxy groups -OCH3 is 1. The van der Waals surface area contributed by atoms with E-state index in [0.29, 0.717) is 10.6 Å². The highest BCUT2D eigenvalue weighted by Crippen LogP contribution is 2.33. The third kappa shape index (κ3) is 3.59. The van der Waals surface area contributed by atoms with Crippen LogP contribution in [0.3, 0.4) is 0 Å². The van der Waals surface area contributed by atoms with Crippen LogP contribution in [0, 0.1) is 0 Å². The second-order valence-electron chi connectivity index (χ2n) is 3.54. The van der Waals surface area contributed by atoms with Crippen molar-refractivity contribution >= 4 is 70.7 Å². The SMILES string of the molecule is COc1ccc(NC(=O)c2cc(Br)c(Br)s2)cc1Br. The second kappa shape index (κ2) is 6.39. The van der Waals surface area contributed by atoms with Gasteiger partial charge in [0.05, 0.1) is 20.2 Å². The van der Waals surface area contributed by atoms with Gasteiger partial charge >= 0.3 is 0 Å². The monoisotopic (exact) mass is 467 g/mol. The van der Waals surface area contributed by atoms with Gasteiger partial charge in [0.2, 0.25) is 0 Å². The van der Waals surface area contributed by atoms with Gasteiger partial charge in [0, 0.05) is 10.2 Å². The van der Waals surface area contributed by atoms with Crippen LogP contribution in [-0.2, 0) is 0 Å². The molecular formula is C12H8Br3NO2S. The molecule has 7 heteroatoms. The van der Waals surface area contributed by atoms with Gasteiger partial charge in [0.15, 0.2) is 0 Å². The third-order valence-corrected chi connectivity index (χ3v) is 6.15. The summed E-state index contributed by atoms with van der Waals surface area (Å²) in [4.78, 5) is 12.7. The van der Waals surface area contributed by atoms with Crippen LogP contribution < -0.4 is 10.1 Å². The highest BCUT2D eigenvalue weighted by molar-refractivity contribution is 9.13. The van der Waals surface area contributed by atoms with E-state index in [-0.39, 0.29) is 5.91 Å². The van der Waals surface area contributed by atoms with E-state index in [1.807, 2.05) is 0 Å². The van der Waals surface area contributed by atoms with Crippen molar-refractivity contribution in [2.45, 2.75) is 0 Å². The third-order valence-electron chi connectivity index (χ3n) is 2.28. The van der Waals surface area contributed by atoms with Crippen molar-refractivity contribution in [3.63, 3.8) is 0 Å². The molecule has 19 heavy (non-hydrogen) atoms. The minimum Gasteiger partial charge on any atom is -0.496 e. The topological polar surface area (TPSA) is 38.3 Å². The zero-order valence-electron chi connectivity index (χ0n) is 9.67. The van der Waals surface area contributed by atoms with Crippen molar-refractivity contribution in [2.24, 2.45) is 0 Å². The number of benzene rings is 1. The molecule has 2 aromatic rings. The Labute approximate surface area is 139 Å². The molecular weight excluding hydrogens is 462 g/mol. The molecule has 0 unspecified atom stereocenters. The number of hydrogen-bond donors (Lipinski definition) is 1. The van der Waals surface area contributed by atoms with Crippen molar-refractivity contribution < 1.29 is 9.53 Å². The van der Waals surface area contributed by atoms with Crippen LogP contribution in [0.2, 0.25) is 0 Å². The number of hydrogen-bond acceptors (Lipinski definition) is 3. The van der Waals surface area contributed by atoms with Gasteiger partial charge in [-0.05, 0) is 72.1 Å². The van der Waals surface area contributed by atoms with Gasteiger partial charge in [-0.3, -0.25) is 4.79 Å². The van der Waals surface area contributed by atoms with Gasteiger partial charge in [-0.1, -0.05) is 0 Å². The summed E-state index contributed by atoms with van der Waals surface area (Å²) in [6.45, 7) is 0. The highest BCUT2D eigenvalue weighted by Gasteiger charge is 2.12. The molecule has 0 bridgehead atoms. The van der Waals surface area contributed by atoms with Crippen LogP contribution in [0.5, 0.6) is 5.75 Å². The Hall–Kier alpha value is -0.370. The van der Waals surface area contributed by atoms with E-state index in [0.717, 1.165) is 18.5 Å². The Bertz CT molecular complexity index is 608. The van der Waals surface area contributed by atoms with Crippen molar-refractivity contribution in [1.82, 2.24) is 0 Å². The number of amides is 1. The fraction of sp³-hybridized carbons (Fsp3) is 0.0833. The average Bonchev–Trinajstić information content (AvgIpc) is 2.70. The standard InChI is InChI=1S/C12H8Br3NO2S/c1-18-9-3-2-6(4-7(9)13)16-12(17)10-5-8(14)11(15)19-10/h2-5H,1H3,(H,16,17). The van der Waals surface area contributed by atoms with E-state index < -0.39 is 0 Å². The van der Waals surface area contributed by atoms with Crippen molar-refractivity contribution in [3.05, 3.63) is 41.9 Å². The first-order valence-corrected chi connectivity index (χ1v) is 8.30. The lowest BCUT2D eigenvalue weighted by Crippen LogP contribution is -2.10. The molecule has 100 valence electrons. The van der Waals surface area contributed by atoms with Crippen molar-refractivity contribution in [3.8, 4) is 5.75 Å². The molecule has 0 atom stereocenters. The van der Waals surface area contributed by atoms with E-state index in [1.165, 1.54) is 11.3 Å². The maximum atomic E-state index is 12.1. The number of thiophene rings is 1. The summed E-state index contributed by atoms with van der Waals surface area (Å²) in [5, 5.41) is 2.84. The van der Waals surface area contributed by atoms with Gasteiger partial charge in [-0.2, -0.15) is 0 Å². The Morgan fingerprint density at radius 1 is 1.21 bits per heavy atom. The number of rotatable bonds is 3. The fourth-order valence-corrected chi connectivity index (χ4v) is 3.87. The molecule has 0 aliphatic heterocycles. The molecule has 1 heterocycles. The highest BCUT2D eigenvalue weighted by atomic mass is 79.9. The van der Waals surface area contributed by atoms with E-state index in [4.69, 9.17) is 4.74 Å². The molecule has 0 aliphatic carbocycles. The van der Waals surface area contributed by atoms with Gasteiger partial charge in [-0.15, -0.1) is 11.3 Å². The van der Waals surface area contributed by atoms with E-state index in [1.54, 1.807) is 31.4 Å². The van der Waals surface area contributed by atoms with Gasteiger partial charge in [0.25, 0.3) is 5.91 Å². The molecule has 2 rings (SSSR count). The molecule has 1 aromatic heterocycles. The Balaban J connectivity index is 2.17. The van der Waals surface area contributed by atoms with Gasteiger partial charge < -0.3 is 10.1 Å². The largest absolute Gasteiger partial charge is 0.496 e. The molecule has 0 radical (unpaired) electrons. The van der Waals surface area contributed by atoms with Crippen LogP contribution in [0.15, 0.2) is 37.0 Å². The van der Waals surface area contributed by atoms with Crippen molar-refractivity contribution in [1.29, 1.82) is 0 Å². The molecule has 0 spiro atoms. The van der Waals surface area contributed by atoms with Gasteiger partial charge in [-0.25, -0.2) is 0 Å². The quantitative estimate of drug-likeness (QED) is 0.662. The Morgan fingerprint density at radius 2 is 1.95 bits per heavy atom. The zero-order valence-corrected chi connectivity index (χ0v) is 15.2. The Kier molecular flexibility index (Phi) is 5.05.